The number of halogens is 1. The summed E-state index contributed by atoms with van der Waals surface area (Å²) in [6.45, 7) is 3.13. The zero-order valence-corrected chi connectivity index (χ0v) is 13.7. The Labute approximate surface area is 137 Å². The van der Waals surface area contributed by atoms with Crippen molar-refractivity contribution >= 4 is 17.9 Å². The standard InChI is InChI=1S/C18H24ClNO2/c19-17-10-16(4-3-15(17)13-21)22-9-1-2-14-11-18(12-14)5-7-20-8-6-18/h3-4,10,13-14,20H,1-2,5-9,11-12H2. The molecule has 1 saturated heterocycles. The fourth-order valence-corrected chi connectivity index (χ4v) is 4.20. The fraction of sp³-hybridized carbons (Fsp3) is 0.611. The number of carbonyl (C=O) groups is 1. The lowest BCUT2D eigenvalue weighted by Crippen LogP contribution is -2.45. The summed E-state index contributed by atoms with van der Waals surface area (Å²) in [6, 6.07) is 5.24. The minimum absolute atomic E-state index is 0.458. The van der Waals surface area contributed by atoms with Crippen LogP contribution in [0.4, 0.5) is 0 Å². The minimum atomic E-state index is 0.458. The van der Waals surface area contributed by atoms with Crippen LogP contribution in [0.3, 0.4) is 0 Å². The first-order valence-electron chi connectivity index (χ1n) is 8.29. The average molecular weight is 322 g/mol. The molecule has 2 aliphatic rings. The van der Waals surface area contributed by atoms with E-state index in [0.717, 1.165) is 31.0 Å². The summed E-state index contributed by atoms with van der Waals surface area (Å²) >= 11 is 5.99. The Bertz CT molecular complexity index is 518. The molecule has 0 radical (unpaired) electrons. The first-order valence-corrected chi connectivity index (χ1v) is 8.67. The maximum Gasteiger partial charge on any atom is 0.151 e. The first-order chi connectivity index (χ1) is 10.7. The normalized spacial score (nSPS) is 20.6. The molecule has 3 rings (SSSR count). The first kappa shape index (κ1) is 15.8. The van der Waals surface area contributed by atoms with E-state index in [1.807, 2.05) is 6.07 Å². The minimum Gasteiger partial charge on any atom is -0.494 e. The molecule has 1 heterocycles. The van der Waals surface area contributed by atoms with Gasteiger partial charge in [-0.15, -0.1) is 0 Å². The number of hydrogen-bond acceptors (Lipinski definition) is 3. The van der Waals surface area contributed by atoms with Gasteiger partial charge >= 0.3 is 0 Å². The molecule has 3 nitrogen and oxygen atoms in total. The highest BCUT2D eigenvalue weighted by Crippen LogP contribution is 2.52. The van der Waals surface area contributed by atoms with Crippen LogP contribution in [-0.4, -0.2) is 26.0 Å². The molecule has 1 aromatic rings. The van der Waals surface area contributed by atoms with E-state index in [1.54, 1.807) is 12.1 Å². The van der Waals surface area contributed by atoms with Crippen LogP contribution in [-0.2, 0) is 0 Å². The summed E-state index contributed by atoms with van der Waals surface area (Å²) in [5.41, 5.74) is 1.19. The van der Waals surface area contributed by atoms with E-state index in [0.29, 0.717) is 16.0 Å². The zero-order chi connectivity index (χ0) is 15.4. The Morgan fingerprint density at radius 2 is 2.09 bits per heavy atom. The van der Waals surface area contributed by atoms with Crippen LogP contribution in [0.1, 0.15) is 48.9 Å². The average Bonchev–Trinajstić information content (AvgIpc) is 2.51. The third-order valence-electron chi connectivity index (χ3n) is 5.23. The van der Waals surface area contributed by atoms with Crippen LogP contribution in [0.2, 0.25) is 5.02 Å². The summed E-state index contributed by atoms with van der Waals surface area (Å²) in [5.74, 6) is 1.64. The summed E-state index contributed by atoms with van der Waals surface area (Å²) < 4.78 is 5.73. The smallest absolute Gasteiger partial charge is 0.151 e. The SMILES string of the molecule is O=Cc1ccc(OCCCC2CC3(CCNCC3)C2)cc1Cl. The van der Waals surface area contributed by atoms with Gasteiger partial charge in [0.2, 0.25) is 0 Å². The Morgan fingerprint density at radius 3 is 2.77 bits per heavy atom. The molecule has 4 heteroatoms. The van der Waals surface area contributed by atoms with Gasteiger partial charge in [0.15, 0.2) is 6.29 Å². The van der Waals surface area contributed by atoms with Crippen molar-refractivity contribution in [3.63, 3.8) is 0 Å². The molecular weight excluding hydrogens is 298 g/mol. The van der Waals surface area contributed by atoms with Crippen LogP contribution in [0.25, 0.3) is 0 Å². The second-order valence-electron chi connectivity index (χ2n) is 6.82. The number of ether oxygens (including phenoxy) is 1. The molecule has 22 heavy (non-hydrogen) atoms. The second kappa shape index (κ2) is 7.01. The predicted octanol–water partition coefficient (Wildman–Crippen LogP) is 4.09. The Balaban J connectivity index is 1.34. The van der Waals surface area contributed by atoms with Crippen molar-refractivity contribution in [3.05, 3.63) is 28.8 Å². The summed E-state index contributed by atoms with van der Waals surface area (Å²) in [4.78, 5) is 10.7. The van der Waals surface area contributed by atoms with Gasteiger partial charge in [-0.05, 0) is 81.1 Å². The van der Waals surface area contributed by atoms with Crippen molar-refractivity contribution in [2.24, 2.45) is 11.3 Å². The third-order valence-corrected chi connectivity index (χ3v) is 5.56. The summed E-state index contributed by atoms with van der Waals surface area (Å²) in [5, 5.41) is 3.91. The number of rotatable bonds is 6. The van der Waals surface area contributed by atoms with Gasteiger partial charge in [0.25, 0.3) is 0 Å². The van der Waals surface area contributed by atoms with Gasteiger partial charge in [-0.3, -0.25) is 4.79 Å². The van der Waals surface area contributed by atoms with Crippen LogP contribution in [0, 0.1) is 11.3 Å². The number of piperidine rings is 1. The van der Waals surface area contributed by atoms with Crippen molar-refractivity contribution in [2.45, 2.75) is 38.5 Å². The second-order valence-corrected chi connectivity index (χ2v) is 7.22. The lowest BCUT2D eigenvalue weighted by atomic mass is 9.57. The van der Waals surface area contributed by atoms with Gasteiger partial charge in [-0.25, -0.2) is 0 Å². The van der Waals surface area contributed by atoms with Crippen molar-refractivity contribution in [3.8, 4) is 5.75 Å². The van der Waals surface area contributed by atoms with Crippen LogP contribution in [0.15, 0.2) is 18.2 Å². The molecule has 0 bridgehead atoms. The van der Waals surface area contributed by atoms with Gasteiger partial charge in [0, 0.05) is 5.56 Å². The topological polar surface area (TPSA) is 38.3 Å². The van der Waals surface area contributed by atoms with E-state index in [9.17, 15) is 4.79 Å². The molecule has 1 aliphatic heterocycles. The van der Waals surface area contributed by atoms with E-state index in [-0.39, 0.29) is 0 Å². The molecule has 120 valence electrons. The molecular formula is C18H24ClNO2. The quantitative estimate of drug-likeness (QED) is 0.633. The third kappa shape index (κ3) is 3.64. The van der Waals surface area contributed by atoms with E-state index in [1.165, 1.54) is 45.2 Å². The lowest BCUT2D eigenvalue weighted by molar-refractivity contribution is 0.0149. The fourth-order valence-electron chi connectivity index (χ4n) is 3.99. The molecule has 1 N–H and O–H groups in total. The van der Waals surface area contributed by atoms with Crippen LogP contribution >= 0.6 is 11.6 Å². The van der Waals surface area contributed by atoms with Crippen LogP contribution < -0.4 is 10.1 Å². The van der Waals surface area contributed by atoms with Gasteiger partial charge in [-0.2, -0.15) is 0 Å². The monoisotopic (exact) mass is 321 g/mol. The van der Waals surface area contributed by atoms with Crippen molar-refractivity contribution in [1.29, 1.82) is 0 Å². The molecule has 0 atom stereocenters. The van der Waals surface area contributed by atoms with Crippen molar-refractivity contribution in [1.82, 2.24) is 5.32 Å². The Morgan fingerprint density at radius 1 is 1.32 bits per heavy atom. The highest BCUT2D eigenvalue weighted by molar-refractivity contribution is 6.33. The zero-order valence-electron chi connectivity index (χ0n) is 12.9. The van der Waals surface area contributed by atoms with Crippen molar-refractivity contribution in [2.75, 3.05) is 19.7 Å². The van der Waals surface area contributed by atoms with Gasteiger partial charge in [0.1, 0.15) is 5.75 Å². The highest BCUT2D eigenvalue weighted by Gasteiger charge is 2.43. The molecule has 0 amide bonds. The Hall–Kier alpha value is -1.06. The van der Waals surface area contributed by atoms with E-state index >= 15 is 0 Å². The molecule has 2 fully saturated rings. The number of aldehydes is 1. The van der Waals surface area contributed by atoms with Crippen LogP contribution in [0.5, 0.6) is 5.75 Å². The predicted molar refractivity (Wildman–Crippen MR) is 88.8 cm³/mol. The van der Waals surface area contributed by atoms with Gasteiger partial charge in [-0.1, -0.05) is 11.6 Å². The Kier molecular flexibility index (Phi) is 5.04. The molecule has 0 unspecified atom stereocenters. The highest BCUT2D eigenvalue weighted by atomic mass is 35.5. The van der Waals surface area contributed by atoms with Gasteiger partial charge in [0.05, 0.1) is 11.6 Å². The lowest BCUT2D eigenvalue weighted by Gasteiger charge is -2.50. The van der Waals surface area contributed by atoms with E-state index in [2.05, 4.69) is 5.32 Å². The maximum absolute atomic E-state index is 10.7. The maximum atomic E-state index is 10.7. The molecule has 1 spiro atoms. The molecule has 1 aliphatic carbocycles. The summed E-state index contributed by atoms with van der Waals surface area (Å²) in [7, 11) is 0. The summed E-state index contributed by atoms with van der Waals surface area (Å²) in [6.07, 6.45) is 8.66. The molecule has 0 aromatic heterocycles. The van der Waals surface area contributed by atoms with Gasteiger partial charge < -0.3 is 10.1 Å². The number of benzene rings is 1. The molecule has 1 aromatic carbocycles. The van der Waals surface area contributed by atoms with E-state index in [4.69, 9.17) is 16.3 Å². The number of nitrogens with one attached hydrogen (secondary N) is 1. The number of carbonyl (C=O) groups excluding carboxylic acids is 1. The van der Waals surface area contributed by atoms with E-state index < -0.39 is 0 Å². The van der Waals surface area contributed by atoms with Crippen molar-refractivity contribution < 1.29 is 9.53 Å². The number of hydrogen-bond donors (Lipinski definition) is 1. The molecule has 1 saturated carbocycles. The largest absolute Gasteiger partial charge is 0.494 e.